The third-order valence-corrected chi connectivity index (χ3v) is 4.90. The van der Waals surface area contributed by atoms with Crippen molar-refractivity contribution in [1.29, 1.82) is 0 Å². The fourth-order valence-corrected chi connectivity index (χ4v) is 3.90. The Morgan fingerprint density at radius 3 is 2.94 bits per heavy atom. The van der Waals surface area contributed by atoms with Crippen LogP contribution in [0.1, 0.15) is 30.7 Å². The summed E-state index contributed by atoms with van der Waals surface area (Å²) in [5.41, 5.74) is 1.23. The van der Waals surface area contributed by atoms with Crippen molar-refractivity contribution in [2.75, 3.05) is 0 Å². The molecule has 1 aromatic carbocycles. The number of alkyl halides is 1. The Morgan fingerprint density at radius 2 is 2.18 bits per heavy atom. The molecule has 2 heterocycles. The summed E-state index contributed by atoms with van der Waals surface area (Å²) in [4.78, 5) is 0. The van der Waals surface area contributed by atoms with Crippen LogP contribution in [0.2, 0.25) is 0 Å². The van der Waals surface area contributed by atoms with Crippen molar-refractivity contribution in [3.05, 3.63) is 35.2 Å². The Bertz CT molecular complexity index is 522. The van der Waals surface area contributed by atoms with E-state index in [0.29, 0.717) is 6.10 Å². The van der Waals surface area contributed by atoms with Crippen LogP contribution in [0, 0.1) is 0 Å². The minimum atomic E-state index is -0.0175. The van der Waals surface area contributed by atoms with Crippen molar-refractivity contribution < 1.29 is 4.74 Å². The fourth-order valence-electron chi connectivity index (χ4n) is 2.46. The highest BCUT2D eigenvalue weighted by Gasteiger charge is 2.30. The van der Waals surface area contributed by atoms with Gasteiger partial charge < -0.3 is 4.74 Å². The molecule has 1 aromatic heterocycles. The van der Waals surface area contributed by atoms with Crippen LogP contribution < -0.4 is 0 Å². The van der Waals surface area contributed by atoms with Gasteiger partial charge >= 0.3 is 0 Å². The lowest BCUT2D eigenvalue weighted by Gasteiger charge is -2.17. The molecule has 0 bridgehead atoms. The van der Waals surface area contributed by atoms with Gasteiger partial charge in [-0.1, -0.05) is 18.2 Å². The maximum atomic E-state index is 6.58. The van der Waals surface area contributed by atoms with Crippen molar-refractivity contribution in [2.45, 2.75) is 37.4 Å². The first kappa shape index (κ1) is 11.5. The molecule has 1 aliphatic heterocycles. The standard InChI is InChI=1S/C14H15ClOS/c1-9-6-7-12(16-9)14(15)11-8-17-13-5-3-2-4-10(11)13/h2-5,8-9,12,14H,6-7H2,1H3. The summed E-state index contributed by atoms with van der Waals surface area (Å²) in [5.74, 6) is 0. The molecule has 2 aromatic rings. The zero-order chi connectivity index (χ0) is 11.8. The molecule has 0 saturated carbocycles. The highest BCUT2D eigenvalue weighted by molar-refractivity contribution is 7.17. The minimum Gasteiger partial charge on any atom is -0.373 e. The predicted molar refractivity (Wildman–Crippen MR) is 74.0 cm³/mol. The van der Waals surface area contributed by atoms with E-state index in [1.807, 2.05) is 0 Å². The molecule has 1 aliphatic rings. The Balaban J connectivity index is 1.93. The highest BCUT2D eigenvalue weighted by atomic mass is 35.5. The number of hydrogen-bond acceptors (Lipinski definition) is 2. The highest BCUT2D eigenvalue weighted by Crippen LogP contribution is 2.39. The number of ether oxygens (including phenoxy) is 1. The Labute approximate surface area is 110 Å². The van der Waals surface area contributed by atoms with Crippen LogP contribution in [0.4, 0.5) is 0 Å². The lowest BCUT2D eigenvalue weighted by atomic mass is 10.0. The summed E-state index contributed by atoms with van der Waals surface area (Å²) in [6, 6.07) is 8.43. The van der Waals surface area contributed by atoms with E-state index in [1.54, 1.807) is 11.3 Å². The van der Waals surface area contributed by atoms with Crippen molar-refractivity contribution in [2.24, 2.45) is 0 Å². The van der Waals surface area contributed by atoms with Gasteiger partial charge in [-0.25, -0.2) is 0 Å². The quantitative estimate of drug-likeness (QED) is 0.713. The minimum absolute atomic E-state index is 0.0175. The molecule has 3 atom stereocenters. The van der Waals surface area contributed by atoms with Crippen molar-refractivity contribution in [1.82, 2.24) is 0 Å². The van der Waals surface area contributed by atoms with Crippen molar-refractivity contribution >= 4 is 33.0 Å². The molecule has 0 radical (unpaired) electrons. The number of rotatable bonds is 2. The number of benzene rings is 1. The Kier molecular flexibility index (Phi) is 3.12. The van der Waals surface area contributed by atoms with E-state index in [1.165, 1.54) is 15.6 Å². The van der Waals surface area contributed by atoms with Gasteiger partial charge in [0.1, 0.15) is 0 Å². The average Bonchev–Trinajstić information content (AvgIpc) is 2.94. The summed E-state index contributed by atoms with van der Waals surface area (Å²) in [6.45, 7) is 2.12. The molecule has 0 spiro atoms. The second-order valence-corrected chi connectivity index (χ2v) is 6.03. The molecule has 0 aliphatic carbocycles. The van der Waals surface area contributed by atoms with E-state index >= 15 is 0 Å². The zero-order valence-corrected chi connectivity index (χ0v) is 11.3. The fraction of sp³-hybridized carbons (Fsp3) is 0.429. The third kappa shape index (κ3) is 2.10. The van der Waals surface area contributed by atoms with Gasteiger partial charge in [-0.15, -0.1) is 22.9 Å². The summed E-state index contributed by atoms with van der Waals surface area (Å²) >= 11 is 8.34. The van der Waals surface area contributed by atoms with Crippen LogP contribution in [-0.2, 0) is 4.74 Å². The van der Waals surface area contributed by atoms with Crippen LogP contribution in [0.15, 0.2) is 29.6 Å². The molecule has 3 heteroatoms. The summed E-state index contributed by atoms with van der Waals surface area (Å²) in [7, 11) is 0. The average molecular weight is 267 g/mol. The normalized spacial score (nSPS) is 26.5. The molecule has 3 rings (SSSR count). The molecule has 1 nitrogen and oxygen atoms in total. The van der Waals surface area contributed by atoms with Crippen LogP contribution >= 0.6 is 22.9 Å². The van der Waals surface area contributed by atoms with Gasteiger partial charge in [-0.3, -0.25) is 0 Å². The SMILES string of the molecule is CC1CCC(C(Cl)c2csc3ccccc23)O1. The molecule has 17 heavy (non-hydrogen) atoms. The first-order valence-corrected chi connectivity index (χ1v) is 7.33. The van der Waals surface area contributed by atoms with Gasteiger partial charge in [0.25, 0.3) is 0 Å². The van der Waals surface area contributed by atoms with E-state index in [0.717, 1.165) is 12.8 Å². The predicted octanol–water partition coefficient (Wildman–Crippen LogP) is 4.75. The Morgan fingerprint density at radius 1 is 1.35 bits per heavy atom. The number of halogens is 1. The summed E-state index contributed by atoms with van der Waals surface area (Å²) in [6.07, 6.45) is 2.71. The van der Waals surface area contributed by atoms with Crippen LogP contribution in [0.3, 0.4) is 0 Å². The van der Waals surface area contributed by atoms with Crippen LogP contribution in [0.5, 0.6) is 0 Å². The monoisotopic (exact) mass is 266 g/mol. The number of thiophene rings is 1. The van der Waals surface area contributed by atoms with E-state index in [9.17, 15) is 0 Å². The van der Waals surface area contributed by atoms with Gasteiger partial charge in [0.15, 0.2) is 0 Å². The molecule has 90 valence electrons. The van der Waals surface area contributed by atoms with Gasteiger partial charge in [0, 0.05) is 4.70 Å². The zero-order valence-electron chi connectivity index (χ0n) is 9.73. The molecule has 3 unspecified atom stereocenters. The van der Waals surface area contributed by atoms with Gasteiger partial charge in [-0.05, 0) is 42.2 Å². The lowest BCUT2D eigenvalue weighted by Crippen LogP contribution is -2.14. The maximum absolute atomic E-state index is 6.58. The molecular formula is C14H15ClOS. The molecule has 1 fully saturated rings. The molecular weight excluding hydrogens is 252 g/mol. The summed E-state index contributed by atoms with van der Waals surface area (Å²) in [5, 5.41) is 3.44. The van der Waals surface area contributed by atoms with Crippen molar-refractivity contribution in [3.8, 4) is 0 Å². The molecule has 1 saturated heterocycles. The van der Waals surface area contributed by atoms with E-state index in [-0.39, 0.29) is 11.5 Å². The number of fused-ring (bicyclic) bond motifs is 1. The summed E-state index contributed by atoms with van der Waals surface area (Å²) < 4.78 is 7.17. The van der Waals surface area contributed by atoms with Gasteiger partial charge in [-0.2, -0.15) is 0 Å². The topological polar surface area (TPSA) is 9.23 Å². The van der Waals surface area contributed by atoms with Crippen molar-refractivity contribution in [3.63, 3.8) is 0 Å². The van der Waals surface area contributed by atoms with Crippen LogP contribution in [-0.4, -0.2) is 12.2 Å². The van der Waals surface area contributed by atoms with Gasteiger partial charge in [0.2, 0.25) is 0 Å². The van der Waals surface area contributed by atoms with Gasteiger partial charge in [0.05, 0.1) is 17.6 Å². The van der Waals surface area contributed by atoms with E-state index in [2.05, 4.69) is 36.6 Å². The number of hydrogen-bond donors (Lipinski definition) is 0. The smallest absolute Gasteiger partial charge is 0.0861 e. The molecule has 0 amide bonds. The first-order chi connectivity index (χ1) is 8.25. The lowest BCUT2D eigenvalue weighted by molar-refractivity contribution is 0.0536. The third-order valence-electron chi connectivity index (χ3n) is 3.40. The Hall–Kier alpha value is -0.570. The first-order valence-electron chi connectivity index (χ1n) is 6.01. The second kappa shape index (κ2) is 4.60. The second-order valence-electron chi connectivity index (χ2n) is 4.65. The van der Waals surface area contributed by atoms with E-state index < -0.39 is 0 Å². The van der Waals surface area contributed by atoms with Crippen LogP contribution in [0.25, 0.3) is 10.1 Å². The maximum Gasteiger partial charge on any atom is 0.0861 e. The largest absolute Gasteiger partial charge is 0.373 e. The molecule has 0 N–H and O–H groups in total. The van der Waals surface area contributed by atoms with E-state index in [4.69, 9.17) is 16.3 Å².